The maximum atomic E-state index is 13.6. The molecule has 0 radical (unpaired) electrons. The molecule has 37 heavy (non-hydrogen) atoms. The molecule has 2 atom stereocenters. The predicted octanol–water partition coefficient (Wildman–Crippen LogP) is 7.79. The van der Waals surface area contributed by atoms with E-state index in [1.54, 1.807) is 41.1 Å². The van der Waals surface area contributed by atoms with Gasteiger partial charge in [0.15, 0.2) is 11.9 Å². The summed E-state index contributed by atoms with van der Waals surface area (Å²) >= 11 is 6.41. The Balaban J connectivity index is 1.78. The van der Waals surface area contributed by atoms with Crippen LogP contribution in [0.1, 0.15) is 43.0 Å². The van der Waals surface area contributed by atoms with E-state index in [1.807, 2.05) is 13.0 Å². The van der Waals surface area contributed by atoms with E-state index in [0.29, 0.717) is 45.7 Å². The van der Waals surface area contributed by atoms with E-state index in [-0.39, 0.29) is 12.0 Å². The van der Waals surface area contributed by atoms with Gasteiger partial charge in [0.05, 0.1) is 16.2 Å². The zero-order valence-corrected chi connectivity index (χ0v) is 20.7. The molecule has 4 nitrogen and oxygen atoms in total. The van der Waals surface area contributed by atoms with Crippen molar-refractivity contribution < 1.29 is 27.5 Å². The molecule has 2 unspecified atom stereocenters. The first-order valence-corrected chi connectivity index (χ1v) is 12.3. The summed E-state index contributed by atoms with van der Waals surface area (Å²) in [6.07, 6.45) is -6.66. The predicted molar refractivity (Wildman–Crippen MR) is 135 cm³/mol. The van der Waals surface area contributed by atoms with Crippen LogP contribution >= 0.6 is 11.6 Å². The Morgan fingerprint density at radius 1 is 1.08 bits per heavy atom. The molecule has 0 aliphatic carbocycles. The summed E-state index contributed by atoms with van der Waals surface area (Å²) in [4.78, 5) is 13.1. The topological polar surface area (TPSA) is 55.1 Å². The summed E-state index contributed by atoms with van der Waals surface area (Å²) in [6, 6.07) is 17.5. The minimum absolute atomic E-state index is 0.0787. The Labute approximate surface area is 216 Å². The molecule has 0 saturated heterocycles. The highest BCUT2D eigenvalue weighted by molar-refractivity contribution is 6.33. The summed E-state index contributed by atoms with van der Waals surface area (Å²) in [7, 11) is 0. The first kappa shape index (κ1) is 26.8. The van der Waals surface area contributed by atoms with Crippen LogP contribution in [-0.2, 0) is 0 Å². The maximum Gasteiger partial charge on any atom is 0.414 e. The highest BCUT2D eigenvalue weighted by atomic mass is 35.5. The molecule has 1 aromatic heterocycles. The first-order valence-electron chi connectivity index (χ1n) is 11.9. The number of carbonyl (C=O) groups excluding carboxylic acids is 1. The number of aliphatic hydroxyl groups is 1. The number of unbranched alkanes of at least 4 members (excludes halogenated alkanes) is 1. The molecule has 0 fully saturated rings. The van der Waals surface area contributed by atoms with Gasteiger partial charge in [-0.3, -0.25) is 4.79 Å². The average molecular weight is 533 g/mol. The van der Waals surface area contributed by atoms with E-state index in [0.717, 1.165) is 0 Å². The lowest BCUT2D eigenvalue weighted by Gasteiger charge is -2.24. The van der Waals surface area contributed by atoms with Crippen LogP contribution in [0.25, 0.3) is 27.8 Å². The molecule has 4 aromatic rings. The fraction of sp³-hybridized carbons (Fsp3) is 0.286. The van der Waals surface area contributed by atoms with Crippen molar-refractivity contribution in [3.63, 3.8) is 0 Å². The van der Waals surface area contributed by atoms with Gasteiger partial charge in [0.2, 0.25) is 0 Å². The van der Waals surface area contributed by atoms with Gasteiger partial charge < -0.3 is 5.11 Å². The van der Waals surface area contributed by atoms with Crippen molar-refractivity contribution in [1.29, 1.82) is 0 Å². The van der Waals surface area contributed by atoms with E-state index in [4.69, 9.17) is 16.7 Å². The van der Waals surface area contributed by atoms with Crippen molar-refractivity contribution in [3.05, 3.63) is 83.1 Å². The number of nitrogens with zero attached hydrogens (tertiary/aromatic N) is 2. The number of fused-ring (bicyclic) bond motifs is 1. The van der Waals surface area contributed by atoms with Gasteiger partial charge in [-0.05, 0) is 48.9 Å². The van der Waals surface area contributed by atoms with Gasteiger partial charge >= 0.3 is 6.18 Å². The Bertz CT molecular complexity index is 1400. The standard InChI is InChI=1S/C28H25ClF4N2O2/c1-2-3-6-18(27(37)28(31,32)33)16-25(36)17-9-14-22-24(15-17)35(20-12-10-19(30)11-13-20)34-26(22)21-7-4-5-8-23(21)29/h4-5,7-15,18,27,37H,2-3,6,16H2,1H3. The average Bonchev–Trinajstić information content (AvgIpc) is 3.25. The first-order chi connectivity index (χ1) is 17.6. The second-order valence-corrected chi connectivity index (χ2v) is 9.37. The molecule has 1 heterocycles. The number of benzene rings is 3. The minimum atomic E-state index is -4.81. The smallest absolute Gasteiger partial charge is 0.383 e. The largest absolute Gasteiger partial charge is 0.414 e. The molecule has 3 aromatic carbocycles. The number of halogens is 5. The van der Waals surface area contributed by atoms with E-state index < -0.39 is 36.2 Å². The van der Waals surface area contributed by atoms with Crippen LogP contribution < -0.4 is 0 Å². The number of ketones is 1. The van der Waals surface area contributed by atoms with Crippen molar-refractivity contribution in [1.82, 2.24) is 9.78 Å². The number of rotatable bonds is 9. The summed E-state index contributed by atoms with van der Waals surface area (Å²) in [5, 5.41) is 15.7. The van der Waals surface area contributed by atoms with E-state index in [9.17, 15) is 27.5 Å². The third kappa shape index (κ3) is 5.86. The molecular formula is C28H25ClF4N2O2. The van der Waals surface area contributed by atoms with E-state index in [1.165, 1.54) is 24.3 Å². The van der Waals surface area contributed by atoms with Crippen molar-refractivity contribution >= 4 is 28.3 Å². The molecule has 0 saturated carbocycles. The quantitative estimate of drug-likeness (QED) is 0.177. The van der Waals surface area contributed by atoms with Crippen LogP contribution in [0.15, 0.2) is 66.7 Å². The van der Waals surface area contributed by atoms with E-state index >= 15 is 0 Å². The maximum absolute atomic E-state index is 13.6. The Kier molecular flexibility index (Phi) is 7.99. The lowest BCUT2D eigenvalue weighted by molar-refractivity contribution is -0.219. The number of Topliss-reactive ketones (excluding diaryl/α,β-unsaturated/α-hetero) is 1. The molecule has 4 rings (SSSR count). The minimum Gasteiger partial charge on any atom is -0.383 e. The van der Waals surface area contributed by atoms with E-state index in [2.05, 4.69) is 0 Å². The Morgan fingerprint density at radius 3 is 2.43 bits per heavy atom. The van der Waals surface area contributed by atoms with Crippen molar-refractivity contribution in [2.45, 2.75) is 44.9 Å². The van der Waals surface area contributed by atoms with Gasteiger partial charge in [0.1, 0.15) is 11.5 Å². The normalized spacial score (nSPS) is 13.6. The number of alkyl halides is 3. The van der Waals surface area contributed by atoms with Crippen molar-refractivity contribution in [2.24, 2.45) is 5.92 Å². The SMILES string of the molecule is CCCCC(CC(=O)c1ccc2c(-c3ccccc3Cl)nn(-c3ccc(F)cc3)c2c1)C(O)C(F)(F)F. The number of carbonyl (C=O) groups is 1. The van der Waals surface area contributed by atoms with Gasteiger partial charge in [-0.15, -0.1) is 0 Å². The molecule has 0 aliphatic rings. The molecular weight excluding hydrogens is 508 g/mol. The van der Waals surface area contributed by atoms with Crippen molar-refractivity contribution in [2.75, 3.05) is 0 Å². The van der Waals surface area contributed by atoms with Crippen LogP contribution in [0.2, 0.25) is 5.02 Å². The second kappa shape index (κ2) is 11.0. The van der Waals surface area contributed by atoms with Crippen LogP contribution in [0.5, 0.6) is 0 Å². The highest BCUT2D eigenvalue weighted by Crippen LogP contribution is 2.36. The molecule has 9 heteroatoms. The van der Waals surface area contributed by atoms with Gasteiger partial charge in [0.25, 0.3) is 0 Å². The number of aromatic nitrogens is 2. The van der Waals surface area contributed by atoms with Gasteiger partial charge in [-0.25, -0.2) is 9.07 Å². The Hall–Kier alpha value is -3.23. The molecule has 0 amide bonds. The summed E-state index contributed by atoms with van der Waals surface area (Å²) in [5.41, 5.74) is 2.42. The fourth-order valence-corrected chi connectivity index (χ4v) is 4.61. The zero-order valence-electron chi connectivity index (χ0n) is 20.0. The lowest BCUT2D eigenvalue weighted by Crippen LogP contribution is -2.37. The van der Waals surface area contributed by atoms with Gasteiger partial charge in [0, 0.05) is 28.9 Å². The van der Waals surface area contributed by atoms with Crippen LogP contribution in [0.4, 0.5) is 17.6 Å². The Morgan fingerprint density at radius 2 is 1.78 bits per heavy atom. The monoisotopic (exact) mass is 532 g/mol. The number of hydrogen-bond donors (Lipinski definition) is 1. The summed E-state index contributed by atoms with van der Waals surface area (Å²) < 4.78 is 54.8. The molecule has 0 bridgehead atoms. The van der Waals surface area contributed by atoms with Crippen molar-refractivity contribution in [3.8, 4) is 16.9 Å². The third-order valence-electron chi connectivity index (χ3n) is 6.36. The highest BCUT2D eigenvalue weighted by Gasteiger charge is 2.43. The van der Waals surface area contributed by atoms with Crippen LogP contribution in [0, 0.1) is 11.7 Å². The van der Waals surface area contributed by atoms with Gasteiger partial charge in [-0.1, -0.05) is 55.6 Å². The molecule has 1 N–H and O–H groups in total. The van der Waals surface area contributed by atoms with Gasteiger partial charge in [-0.2, -0.15) is 18.3 Å². The molecule has 0 aliphatic heterocycles. The zero-order chi connectivity index (χ0) is 26.7. The molecule has 194 valence electrons. The number of hydrogen-bond acceptors (Lipinski definition) is 3. The lowest BCUT2D eigenvalue weighted by atomic mass is 9.88. The van der Waals surface area contributed by atoms with Crippen LogP contribution in [0.3, 0.4) is 0 Å². The molecule has 0 spiro atoms. The number of aliphatic hydroxyl groups excluding tert-OH is 1. The fourth-order valence-electron chi connectivity index (χ4n) is 4.38. The second-order valence-electron chi connectivity index (χ2n) is 8.96. The third-order valence-corrected chi connectivity index (χ3v) is 6.69. The summed E-state index contributed by atoms with van der Waals surface area (Å²) in [6.45, 7) is 1.83. The van der Waals surface area contributed by atoms with Crippen LogP contribution in [-0.4, -0.2) is 33.0 Å². The summed E-state index contributed by atoms with van der Waals surface area (Å²) in [5.74, 6) is -2.19.